The van der Waals surface area contributed by atoms with Gasteiger partial charge in [-0.1, -0.05) is 6.08 Å². The van der Waals surface area contributed by atoms with Gasteiger partial charge in [-0.2, -0.15) is 4.31 Å². The lowest BCUT2D eigenvalue weighted by Gasteiger charge is -2.26. The first kappa shape index (κ1) is 18.0. The zero-order chi connectivity index (χ0) is 16.7. The molecule has 1 N–H and O–H groups in total. The highest BCUT2D eigenvalue weighted by atomic mass is 32.2. The van der Waals surface area contributed by atoms with Crippen molar-refractivity contribution < 1.29 is 17.9 Å². The molecule has 0 spiro atoms. The first-order valence-electron chi connectivity index (χ1n) is 7.20. The molecule has 1 amide bonds. The molecule has 1 saturated heterocycles. The van der Waals surface area contributed by atoms with Crippen molar-refractivity contribution in [2.24, 2.45) is 0 Å². The molecule has 0 radical (unpaired) electrons. The van der Waals surface area contributed by atoms with Crippen LogP contribution < -0.4 is 5.32 Å². The minimum atomic E-state index is -3.50. The van der Waals surface area contributed by atoms with E-state index >= 15 is 0 Å². The fourth-order valence-electron chi connectivity index (χ4n) is 2.08. The van der Waals surface area contributed by atoms with Crippen LogP contribution in [0.3, 0.4) is 0 Å². The molecule has 0 atom stereocenters. The number of rotatable bonds is 7. The van der Waals surface area contributed by atoms with Crippen LogP contribution in [0.25, 0.3) is 0 Å². The Hall–Kier alpha value is -1.35. The van der Waals surface area contributed by atoms with Crippen LogP contribution in [-0.2, 0) is 19.6 Å². The van der Waals surface area contributed by atoms with E-state index in [1.54, 1.807) is 18.2 Å². The zero-order valence-corrected chi connectivity index (χ0v) is 14.4. The van der Waals surface area contributed by atoms with E-state index in [1.165, 1.54) is 28.2 Å². The molecule has 1 aromatic carbocycles. The van der Waals surface area contributed by atoms with Crippen molar-refractivity contribution in [3.63, 3.8) is 0 Å². The largest absolute Gasteiger partial charge is 0.379 e. The van der Waals surface area contributed by atoms with Crippen molar-refractivity contribution in [2.45, 2.75) is 4.90 Å². The number of thioether (sulfide) groups is 1. The smallest absolute Gasteiger partial charge is 0.243 e. The van der Waals surface area contributed by atoms with Crippen LogP contribution in [0, 0.1) is 0 Å². The summed E-state index contributed by atoms with van der Waals surface area (Å²) in [6, 6.07) is 6.22. The number of hydrogen-bond acceptors (Lipinski definition) is 5. The van der Waals surface area contributed by atoms with Gasteiger partial charge in [0.15, 0.2) is 0 Å². The number of morpholine rings is 1. The molecule has 23 heavy (non-hydrogen) atoms. The van der Waals surface area contributed by atoms with E-state index in [1.807, 2.05) is 0 Å². The van der Waals surface area contributed by atoms with Crippen LogP contribution >= 0.6 is 11.8 Å². The van der Waals surface area contributed by atoms with Gasteiger partial charge in [-0.25, -0.2) is 8.42 Å². The number of nitrogens with one attached hydrogen (secondary N) is 1. The van der Waals surface area contributed by atoms with Gasteiger partial charge in [-0.05, 0) is 24.3 Å². The SMILES string of the molecule is C=CCSCC(=O)Nc1ccc(S(=O)(=O)N2CCOCC2)cc1. The summed E-state index contributed by atoms with van der Waals surface area (Å²) < 4.78 is 31.5. The van der Waals surface area contributed by atoms with Crippen LogP contribution in [0.1, 0.15) is 0 Å². The third-order valence-electron chi connectivity index (χ3n) is 3.21. The number of amides is 1. The monoisotopic (exact) mass is 356 g/mol. The molecule has 8 heteroatoms. The van der Waals surface area contributed by atoms with Crippen molar-refractivity contribution in [3.05, 3.63) is 36.9 Å². The maximum atomic E-state index is 12.5. The number of anilines is 1. The normalized spacial score (nSPS) is 16.0. The molecule has 0 unspecified atom stereocenters. The topological polar surface area (TPSA) is 75.7 Å². The number of hydrogen-bond donors (Lipinski definition) is 1. The molecular formula is C15H20N2O4S2. The first-order valence-corrected chi connectivity index (χ1v) is 9.80. The summed E-state index contributed by atoms with van der Waals surface area (Å²) in [7, 11) is -3.50. The Labute approximate surface area is 140 Å². The van der Waals surface area contributed by atoms with Crippen LogP contribution in [0.5, 0.6) is 0 Å². The van der Waals surface area contributed by atoms with Crippen molar-refractivity contribution in [3.8, 4) is 0 Å². The number of benzene rings is 1. The van der Waals surface area contributed by atoms with E-state index in [9.17, 15) is 13.2 Å². The number of ether oxygens (including phenoxy) is 1. The number of nitrogens with zero attached hydrogens (tertiary/aromatic N) is 1. The summed E-state index contributed by atoms with van der Waals surface area (Å²) in [4.78, 5) is 11.9. The second-order valence-electron chi connectivity index (χ2n) is 4.89. The Morgan fingerprint density at radius 1 is 1.30 bits per heavy atom. The first-order chi connectivity index (χ1) is 11.0. The summed E-state index contributed by atoms with van der Waals surface area (Å²) in [5.74, 6) is 0.921. The van der Waals surface area contributed by atoms with Crippen molar-refractivity contribution in [1.29, 1.82) is 0 Å². The molecule has 0 saturated carbocycles. The highest BCUT2D eigenvalue weighted by Crippen LogP contribution is 2.19. The van der Waals surface area contributed by atoms with Gasteiger partial charge in [-0.15, -0.1) is 18.3 Å². The summed E-state index contributed by atoms with van der Waals surface area (Å²) in [6.07, 6.45) is 1.74. The van der Waals surface area contributed by atoms with E-state index in [0.717, 1.165) is 0 Å². The van der Waals surface area contributed by atoms with Gasteiger partial charge in [-0.3, -0.25) is 4.79 Å². The lowest BCUT2D eigenvalue weighted by Crippen LogP contribution is -2.40. The summed E-state index contributed by atoms with van der Waals surface area (Å²) in [6.45, 7) is 5.14. The molecule has 1 heterocycles. The minimum absolute atomic E-state index is 0.124. The van der Waals surface area contributed by atoms with Crippen LogP contribution in [0.4, 0.5) is 5.69 Å². The Morgan fingerprint density at radius 3 is 2.57 bits per heavy atom. The number of carbonyl (C=O) groups excluding carboxylic acids is 1. The molecule has 126 valence electrons. The predicted molar refractivity (Wildman–Crippen MR) is 92.2 cm³/mol. The lowest BCUT2D eigenvalue weighted by atomic mass is 10.3. The zero-order valence-electron chi connectivity index (χ0n) is 12.7. The van der Waals surface area contributed by atoms with Crippen LogP contribution in [0.2, 0.25) is 0 Å². The molecule has 0 bridgehead atoms. The van der Waals surface area contributed by atoms with E-state index < -0.39 is 10.0 Å². The Morgan fingerprint density at radius 2 is 1.96 bits per heavy atom. The summed E-state index contributed by atoms with van der Waals surface area (Å²) >= 11 is 1.46. The van der Waals surface area contributed by atoms with E-state index in [4.69, 9.17) is 4.74 Å². The molecule has 1 aliphatic heterocycles. The second-order valence-corrected chi connectivity index (χ2v) is 7.86. The summed E-state index contributed by atoms with van der Waals surface area (Å²) in [5, 5.41) is 2.74. The van der Waals surface area contributed by atoms with Crippen LogP contribution in [-0.4, -0.2) is 56.4 Å². The quantitative estimate of drug-likeness (QED) is 0.593. The van der Waals surface area contributed by atoms with Crippen molar-refractivity contribution in [2.75, 3.05) is 43.1 Å². The molecule has 0 aliphatic carbocycles. The lowest BCUT2D eigenvalue weighted by molar-refractivity contribution is -0.113. The molecule has 1 aliphatic rings. The van der Waals surface area contributed by atoms with Gasteiger partial charge in [0.05, 0.1) is 23.9 Å². The maximum absolute atomic E-state index is 12.5. The number of carbonyl (C=O) groups is 1. The number of sulfonamides is 1. The second kappa shape index (κ2) is 8.49. The van der Waals surface area contributed by atoms with Gasteiger partial charge >= 0.3 is 0 Å². The molecular weight excluding hydrogens is 336 g/mol. The van der Waals surface area contributed by atoms with Crippen molar-refractivity contribution in [1.82, 2.24) is 4.31 Å². The Kier molecular flexibility index (Phi) is 6.64. The fourth-order valence-corrected chi connectivity index (χ4v) is 4.03. The van der Waals surface area contributed by atoms with Gasteiger partial charge < -0.3 is 10.1 Å². The third-order valence-corrected chi connectivity index (χ3v) is 6.07. The maximum Gasteiger partial charge on any atom is 0.243 e. The molecule has 1 fully saturated rings. The standard InChI is InChI=1S/C15H20N2O4S2/c1-2-11-22-12-15(18)16-13-3-5-14(6-4-13)23(19,20)17-7-9-21-10-8-17/h2-6H,1,7-12H2,(H,16,18). The average Bonchev–Trinajstić information content (AvgIpc) is 2.56. The van der Waals surface area contributed by atoms with Gasteiger partial charge in [0, 0.05) is 24.5 Å². The van der Waals surface area contributed by atoms with E-state index in [-0.39, 0.29) is 10.8 Å². The Bertz CT molecular complexity index is 638. The van der Waals surface area contributed by atoms with Gasteiger partial charge in [0.2, 0.25) is 15.9 Å². The summed E-state index contributed by atoms with van der Waals surface area (Å²) in [5.41, 5.74) is 0.579. The van der Waals surface area contributed by atoms with Crippen LogP contribution in [0.15, 0.2) is 41.8 Å². The average molecular weight is 356 g/mol. The Balaban J connectivity index is 1.98. The highest BCUT2D eigenvalue weighted by Gasteiger charge is 2.26. The van der Waals surface area contributed by atoms with E-state index in [0.29, 0.717) is 43.5 Å². The van der Waals surface area contributed by atoms with Crippen molar-refractivity contribution >= 4 is 33.4 Å². The molecule has 6 nitrogen and oxygen atoms in total. The molecule has 1 aromatic rings. The van der Waals surface area contributed by atoms with E-state index in [2.05, 4.69) is 11.9 Å². The minimum Gasteiger partial charge on any atom is -0.379 e. The predicted octanol–water partition coefficient (Wildman–Crippen LogP) is 1.57. The van der Waals surface area contributed by atoms with Gasteiger partial charge in [0.25, 0.3) is 0 Å². The molecule has 0 aromatic heterocycles. The molecule has 2 rings (SSSR count). The highest BCUT2D eigenvalue weighted by molar-refractivity contribution is 8.00. The third kappa shape index (κ3) is 5.07. The fraction of sp³-hybridized carbons (Fsp3) is 0.400. The van der Waals surface area contributed by atoms with Gasteiger partial charge in [0.1, 0.15) is 0 Å².